The van der Waals surface area contributed by atoms with Crippen LogP contribution < -0.4 is 5.32 Å². The molecule has 4 unspecified atom stereocenters. The van der Waals surface area contributed by atoms with Gasteiger partial charge in [-0.3, -0.25) is 0 Å². The fourth-order valence-electron chi connectivity index (χ4n) is 3.12. The fourth-order valence-corrected chi connectivity index (χ4v) is 3.12. The molecule has 1 fully saturated rings. The zero-order valence-electron chi connectivity index (χ0n) is 11.3. The van der Waals surface area contributed by atoms with Gasteiger partial charge in [0.1, 0.15) is 0 Å². The van der Waals surface area contributed by atoms with Crippen LogP contribution in [-0.4, -0.2) is 6.54 Å². The van der Waals surface area contributed by atoms with E-state index in [1.807, 2.05) is 6.26 Å². The van der Waals surface area contributed by atoms with Crippen LogP contribution in [0.4, 0.5) is 0 Å². The van der Waals surface area contributed by atoms with Crippen LogP contribution in [-0.2, 0) is 0 Å². The summed E-state index contributed by atoms with van der Waals surface area (Å²) in [6, 6.07) is 2.59. The Kier molecular flexibility index (Phi) is 4.27. The third-order valence-electron chi connectivity index (χ3n) is 4.44. The highest BCUT2D eigenvalue weighted by atomic mass is 16.3. The molecule has 1 aromatic heterocycles. The SMILES string of the molecule is CCNC(c1ccoc1)C1CCC(C)C(C)C1. The van der Waals surface area contributed by atoms with E-state index in [0.717, 1.165) is 24.3 Å². The van der Waals surface area contributed by atoms with E-state index in [9.17, 15) is 0 Å². The molecule has 0 spiro atoms. The van der Waals surface area contributed by atoms with Crippen LogP contribution in [0.25, 0.3) is 0 Å². The summed E-state index contributed by atoms with van der Waals surface area (Å²) in [6.07, 6.45) is 7.73. The lowest BCUT2D eigenvalue weighted by Crippen LogP contribution is -2.33. The molecule has 1 N–H and O–H groups in total. The maximum Gasteiger partial charge on any atom is 0.0950 e. The highest BCUT2D eigenvalue weighted by Crippen LogP contribution is 2.39. The minimum absolute atomic E-state index is 0.480. The third kappa shape index (κ3) is 2.92. The van der Waals surface area contributed by atoms with Gasteiger partial charge in [0, 0.05) is 11.6 Å². The molecular formula is C15H25NO. The van der Waals surface area contributed by atoms with Crippen molar-refractivity contribution in [2.45, 2.75) is 46.1 Å². The highest BCUT2D eigenvalue weighted by Gasteiger charge is 2.30. The van der Waals surface area contributed by atoms with Gasteiger partial charge in [-0.25, -0.2) is 0 Å². The number of hydrogen-bond acceptors (Lipinski definition) is 2. The van der Waals surface area contributed by atoms with Gasteiger partial charge in [0.2, 0.25) is 0 Å². The predicted octanol–water partition coefficient (Wildman–Crippen LogP) is 4.00. The van der Waals surface area contributed by atoms with E-state index in [0.29, 0.717) is 6.04 Å². The average Bonchev–Trinajstić information content (AvgIpc) is 2.83. The molecule has 1 aromatic rings. The van der Waals surface area contributed by atoms with E-state index in [-0.39, 0.29) is 0 Å². The molecular weight excluding hydrogens is 210 g/mol. The summed E-state index contributed by atoms with van der Waals surface area (Å²) in [5.41, 5.74) is 1.32. The van der Waals surface area contributed by atoms with E-state index >= 15 is 0 Å². The summed E-state index contributed by atoms with van der Waals surface area (Å²) in [4.78, 5) is 0. The maximum atomic E-state index is 5.24. The van der Waals surface area contributed by atoms with E-state index in [2.05, 4.69) is 32.2 Å². The smallest absolute Gasteiger partial charge is 0.0950 e. The maximum absolute atomic E-state index is 5.24. The summed E-state index contributed by atoms with van der Waals surface area (Å²) >= 11 is 0. The normalized spacial score (nSPS) is 31.4. The van der Waals surface area contributed by atoms with Crippen molar-refractivity contribution in [2.75, 3.05) is 6.54 Å². The molecule has 0 amide bonds. The second-order valence-corrected chi connectivity index (χ2v) is 5.62. The Morgan fingerprint density at radius 3 is 2.76 bits per heavy atom. The van der Waals surface area contributed by atoms with Crippen molar-refractivity contribution < 1.29 is 4.42 Å². The molecule has 0 radical (unpaired) electrons. The van der Waals surface area contributed by atoms with E-state index in [4.69, 9.17) is 4.42 Å². The first-order valence-electron chi connectivity index (χ1n) is 6.97. The van der Waals surface area contributed by atoms with E-state index < -0.39 is 0 Å². The molecule has 1 aliphatic carbocycles. The standard InChI is InChI=1S/C15H25NO/c1-4-16-15(14-7-8-17-10-14)13-6-5-11(2)12(3)9-13/h7-8,10-13,15-16H,4-6,9H2,1-3H3. The number of rotatable bonds is 4. The van der Waals surface area contributed by atoms with Crippen molar-refractivity contribution in [3.63, 3.8) is 0 Å². The molecule has 0 bridgehead atoms. The zero-order valence-corrected chi connectivity index (χ0v) is 11.3. The van der Waals surface area contributed by atoms with Gasteiger partial charge >= 0.3 is 0 Å². The minimum atomic E-state index is 0.480. The summed E-state index contributed by atoms with van der Waals surface area (Å²) in [6.45, 7) is 7.99. The third-order valence-corrected chi connectivity index (χ3v) is 4.44. The minimum Gasteiger partial charge on any atom is -0.472 e. The van der Waals surface area contributed by atoms with Crippen molar-refractivity contribution in [1.29, 1.82) is 0 Å². The lowest BCUT2D eigenvalue weighted by Gasteiger charge is -2.36. The summed E-state index contributed by atoms with van der Waals surface area (Å²) < 4.78 is 5.24. The number of nitrogens with one attached hydrogen (secondary N) is 1. The Labute approximate surface area is 105 Å². The van der Waals surface area contributed by atoms with Crippen LogP contribution in [0.15, 0.2) is 23.0 Å². The van der Waals surface area contributed by atoms with Gasteiger partial charge < -0.3 is 9.73 Å². The van der Waals surface area contributed by atoms with Crippen LogP contribution >= 0.6 is 0 Å². The first-order valence-corrected chi connectivity index (χ1v) is 6.97. The van der Waals surface area contributed by atoms with Crippen molar-refractivity contribution in [3.8, 4) is 0 Å². The molecule has 4 atom stereocenters. The topological polar surface area (TPSA) is 25.2 Å². The van der Waals surface area contributed by atoms with Gasteiger partial charge in [-0.05, 0) is 43.2 Å². The second kappa shape index (κ2) is 5.72. The Morgan fingerprint density at radius 2 is 2.18 bits per heavy atom. The molecule has 0 saturated heterocycles. The molecule has 1 aliphatic rings. The van der Waals surface area contributed by atoms with Gasteiger partial charge in [-0.1, -0.05) is 27.2 Å². The van der Waals surface area contributed by atoms with Crippen LogP contribution in [0, 0.1) is 17.8 Å². The number of furan rings is 1. The van der Waals surface area contributed by atoms with Gasteiger partial charge in [-0.2, -0.15) is 0 Å². The molecule has 2 rings (SSSR count). The van der Waals surface area contributed by atoms with E-state index in [1.54, 1.807) is 6.26 Å². The zero-order chi connectivity index (χ0) is 12.3. The van der Waals surface area contributed by atoms with Crippen molar-refractivity contribution >= 4 is 0 Å². The second-order valence-electron chi connectivity index (χ2n) is 5.62. The highest BCUT2D eigenvalue weighted by molar-refractivity contribution is 5.13. The Morgan fingerprint density at radius 1 is 1.35 bits per heavy atom. The summed E-state index contributed by atoms with van der Waals surface area (Å²) in [5, 5.41) is 3.63. The number of hydrogen-bond donors (Lipinski definition) is 1. The van der Waals surface area contributed by atoms with Crippen molar-refractivity contribution in [3.05, 3.63) is 24.2 Å². The Balaban J connectivity index is 2.06. The quantitative estimate of drug-likeness (QED) is 0.853. The first kappa shape index (κ1) is 12.7. The summed E-state index contributed by atoms with van der Waals surface area (Å²) in [7, 11) is 0. The van der Waals surface area contributed by atoms with E-state index in [1.165, 1.54) is 24.8 Å². The lowest BCUT2D eigenvalue weighted by molar-refractivity contribution is 0.171. The fraction of sp³-hybridized carbons (Fsp3) is 0.733. The van der Waals surface area contributed by atoms with Gasteiger partial charge in [0.25, 0.3) is 0 Å². The van der Waals surface area contributed by atoms with Gasteiger partial charge in [-0.15, -0.1) is 0 Å². The molecule has 2 heteroatoms. The molecule has 0 aromatic carbocycles. The molecule has 2 nitrogen and oxygen atoms in total. The van der Waals surface area contributed by atoms with Gasteiger partial charge in [0.15, 0.2) is 0 Å². The first-order chi connectivity index (χ1) is 8.22. The van der Waals surface area contributed by atoms with Gasteiger partial charge in [0.05, 0.1) is 12.5 Å². The lowest BCUT2D eigenvalue weighted by atomic mass is 9.72. The summed E-state index contributed by atoms with van der Waals surface area (Å²) in [5.74, 6) is 2.50. The van der Waals surface area contributed by atoms with Crippen molar-refractivity contribution in [2.24, 2.45) is 17.8 Å². The van der Waals surface area contributed by atoms with Crippen LogP contribution in [0.3, 0.4) is 0 Å². The molecule has 96 valence electrons. The van der Waals surface area contributed by atoms with Crippen LogP contribution in [0.1, 0.15) is 51.6 Å². The monoisotopic (exact) mass is 235 g/mol. The molecule has 17 heavy (non-hydrogen) atoms. The Hall–Kier alpha value is -0.760. The Bertz CT molecular complexity index is 320. The molecule has 0 aliphatic heterocycles. The predicted molar refractivity (Wildman–Crippen MR) is 70.8 cm³/mol. The van der Waals surface area contributed by atoms with Crippen LogP contribution in [0.2, 0.25) is 0 Å². The molecule has 1 saturated carbocycles. The largest absolute Gasteiger partial charge is 0.472 e. The average molecular weight is 235 g/mol. The van der Waals surface area contributed by atoms with Crippen LogP contribution in [0.5, 0.6) is 0 Å². The van der Waals surface area contributed by atoms with Crippen molar-refractivity contribution in [1.82, 2.24) is 5.32 Å². The molecule has 1 heterocycles.